The van der Waals surface area contributed by atoms with Crippen molar-refractivity contribution < 1.29 is 5.11 Å². The highest BCUT2D eigenvalue weighted by molar-refractivity contribution is 5.17. The second-order valence-corrected chi connectivity index (χ2v) is 6.25. The molecule has 0 saturated carbocycles. The molecule has 2 atom stereocenters. The van der Waals surface area contributed by atoms with E-state index in [1.54, 1.807) is 6.20 Å². The summed E-state index contributed by atoms with van der Waals surface area (Å²) in [6.07, 6.45) is 7.15. The number of pyridine rings is 1. The predicted molar refractivity (Wildman–Crippen MR) is 85.1 cm³/mol. The lowest BCUT2D eigenvalue weighted by atomic mass is 9.91. The van der Waals surface area contributed by atoms with E-state index in [1.165, 1.54) is 5.56 Å². The van der Waals surface area contributed by atoms with Gasteiger partial charge in [0.25, 0.3) is 0 Å². The third-order valence-corrected chi connectivity index (χ3v) is 4.60. The summed E-state index contributed by atoms with van der Waals surface area (Å²) in [5.41, 5.74) is 2.36. The summed E-state index contributed by atoms with van der Waals surface area (Å²) in [4.78, 5) is 11.2. The molecule has 2 unspecified atom stereocenters. The van der Waals surface area contributed by atoms with Gasteiger partial charge in [0.2, 0.25) is 0 Å². The first kappa shape index (κ1) is 15.2. The van der Waals surface area contributed by atoms with Crippen molar-refractivity contribution in [3.8, 4) is 0 Å². The molecule has 1 fully saturated rings. The zero-order valence-electron chi connectivity index (χ0n) is 13.3. The number of likely N-dealkylation sites (tertiary alicyclic amines) is 1. The normalized spacial score (nSPS) is 21.0. The van der Waals surface area contributed by atoms with E-state index in [-0.39, 0.29) is 5.92 Å². The largest absolute Gasteiger partial charge is 0.385 e. The number of hydrogen-bond donors (Lipinski definition) is 1. The first-order valence-electron chi connectivity index (χ1n) is 7.93. The maximum atomic E-state index is 10.6. The molecular weight excluding hydrogens is 276 g/mol. The van der Waals surface area contributed by atoms with Gasteiger partial charge in [-0.1, -0.05) is 6.07 Å². The third kappa shape index (κ3) is 3.20. The van der Waals surface area contributed by atoms with Crippen molar-refractivity contribution in [3.63, 3.8) is 0 Å². The number of aliphatic hydroxyl groups is 1. The summed E-state index contributed by atoms with van der Waals surface area (Å²) in [6, 6.07) is 4.08. The maximum absolute atomic E-state index is 10.6. The lowest BCUT2D eigenvalue weighted by Crippen LogP contribution is -2.38. The molecular formula is C17H24N4O. The lowest BCUT2D eigenvalue weighted by Gasteiger charge is -2.34. The summed E-state index contributed by atoms with van der Waals surface area (Å²) in [6.45, 7) is 4.92. The van der Waals surface area contributed by atoms with Gasteiger partial charge in [-0.05, 0) is 37.9 Å². The summed E-state index contributed by atoms with van der Waals surface area (Å²) in [5.74, 6) is 1.000. The van der Waals surface area contributed by atoms with Gasteiger partial charge in [-0.3, -0.25) is 9.88 Å². The van der Waals surface area contributed by atoms with E-state index in [9.17, 15) is 5.11 Å². The summed E-state index contributed by atoms with van der Waals surface area (Å²) >= 11 is 0. The molecule has 0 radical (unpaired) electrons. The minimum absolute atomic E-state index is 0.235. The molecule has 1 aliphatic heterocycles. The molecule has 22 heavy (non-hydrogen) atoms. The molecule has 0 aromatic carbocycles. The number of aliphatic hydroxyl groups excluding tert-OH is 1. The first-order valence-corrected chi connectivity index (χ1v) is 7.93. The van der Waals surface area contributed by atoms with Crippen LogP contribution in [0, 0.1) is 12.8 Å². The van der Waals surface area contributed by atoms with Gasteiger partial charge in [-0.15, -0.1) is 0 Å². The van der Waals surface area contributed by atoms with E-state index in [1.807, 2.05) is 30.1 Å². The zero-order valence-corrected chi connectivity index (χ0v) is 13.3. The van der Waals surface area contributed by atoms with Crippen LogP contribution >= 0.6 is 0 Å². The Morgan fingerprint density at radius 2 is 2.23 bits per heavy atom. The van der Waals surface area contributed by atoms with Gasteiger partial charge < -0.3 is 9.67 Å². The van der Waals surface area contributed by atoms with Crippen molar-refractivity contribution in [1.82, 2.24) is 19.4 Å². The Labute approximate surface area is 131 Å². The van der Waals surface area contributed by atoms with Gasteiger partial charge in [-0.25, -0.2) is 4.98 Å². The Morgan fingerprint density at radius 3 is 2.95 bits per heavy atom. The lowest BCUT2D eigenvalue weighted by molar-refractivity contribution is 0.0400. The van der Waals surface area contributed by atoms with Gasteiger partial charge in [-0.2, -0.15) is 0 Å². The molecule has 5 heteroatoms. The Morgan fingerprint density at radius 1 is 1.36 bits per heavy atom. The van der Waals surface area contributed by atoms with Crippen molar-refractivity contribution in [3.05, 3.63) is 47.8 Å². The molecule has 0 amide bonds. The fraction of sp³-hybridized carbons (Fsp3) is 0.529. The molecule has 0 spiro atoms. The fourth-order valence-electron chi connectivity index (χ4n) is 3.26. The van der Waals surface area contributed by atoms with Crippen molar-refractivity contribution in [1.29, 1.82) is 0 Å². The van der Waals surface area contributed by atoms with Crippen molar-refractivity contribution >= 4 is 0 Å². The average Bonchev–Trinajstić information content (AvgIpc) is 2.95. The molecule has 118 valence electrons. The van der Waals surface area contributed by atoms with E-state index in [0.717, 1.165) is 44.0 Å². The molecule has 5 nitrogen and oxygen atoms in total. The number of imidazole rings is 1. The van der Waals surface area contributed by atoms with Crippen LogP contribution < -0.4 is 0 Å². The highest BCUT2D eigenvalue weighted by Crippen LogP contribution is 2.29. The van der Waals surface area contributed by atoms with Crippen LogP contribution in [0.1, 0.15) is 36.0 Å². The van der Waals surface area contributed by atoms with Crippen LogP contribution in [0.4, 0.5) is 0 Å². The van der Waals surface area contributed by atoms with Crippen molar-refractivity contribution in [2.75, 3.05) is 13.1 Å². The van der Waals surface area contributed by atoms with E-state index < -0.39 is 6.10 Å². The molecule has 1 aliphatic rings. The second-order valence-electron chi connectivity index (χ2n) is 6.25. The number of hydrogen-bond acceptors (Lipinski definition) is 4. The molecule has 3 heterocycles. The van der Waals surface area contributed by atoms with E-state index >= 15 is 0 Å². The Kier molecular flexibility index (Phi) is 4.55. The second kappa shape index (κ2) is 6.58. The topological polar surface area (TPSA) is 54.2 Å². The average molecular weight is 300 g/mol. The van der Waals surface area contributed by atoms with Crippen LogP contribution in [-0.4, -0.2) is 37.6 Å². The molecule has 0 aliphatic carbocycles. The predicted octanol–water partition coefficient (Wildman–Crippen LogP) is 2.07. The Bertz CT molecular complexity index is 625. The fourth-order valence-corrected chi connectivity index (χ4v) is 3.26. The number of nitrogens with zero attached hydrogens (tertiary/aromatic N) is 4. The molecule has 1 N–H and O–H groups in total. The van der Waals surface area contributed by atoms with Crippen LogP contribution in [0.15, 0.2) is 30.7 Å². The Balaban J connectivity index is 1.67. The summed E-state index contributed by atoms with van der Waals surface area (Å²) in [5, 5.41) is 10.6. The minimum Gasteiger partial charge on any atom is -0.385 e. The molecule has 2 aromatic heterocycles. The van der Waals surface area contributed by atoms with Crippen LogP contribution in [0.5, 0.6) is 0 Å². The first-order chi connectivity index (χ1) is 10.6. The molecule has 1 saturated heterocycles. The van der Waals surface area contributed by atoms with E-state index in [2.05, 4.69) is 27.9 Å². The monoisotopic (exact) mass is 300 g/mol. The molecule has 2 aromatic rings. The third-order valence-electron chi connectivity index (χ3n) is 4.60. The van der Waals surface area contributed by atoms with Crippen LogP contribution in [0.25, 0.3) is 0 Å². The van der Waals surface area contributed by atoms with Gasteiger partial charge in [0.15, 0.2) is 0 Å². The molecule has 0 bridgehead atoms. The highest BCUT2D eigenvalue weighted by Gasteiger charge is 2.29. The zero-order chi connectivity index (χ0) is 15.5. The highest BCUT2D eigenvalue weighted by atomic mass is 16.3. The van der Waals surface area contributed by atoms with Gasteiger partial charge in [0.1, 0.15) is 11.9 Å². The van der Waals surface area contributed by atoms with Crippen LogP contribution in [-0.2, 0) is 13.6 Å². The number of aryl methyl sites for hydroxylation is 2. The Hall–Kier alpha value is -1.72. The van der Waals surface area contributed by atoms with Crippen LogP contribution in [0.3, 0.4) is 0 Å². The summed E-state index contributed by atoms with van der Waals surface area (Å²) in [7, 11) is 1.93. The van der Waals surface area contributed by atoms with Crippen molar-refractivity contribution in [2.24, 2.45) is 13.0 Å². The van der Waals surface area contributed by atoms with E-state index in [4.69, 9.17) is 0 Å². The minimum atomic E-state index is -0.493. The summed E-state index contributed by atoms with van der Waals surface area (Å²) < 4.78 is 1.91. The smallest absolute Gasteiger partial charge is 0.137 e. The maximum Gasteiger partial charge on any atom is 0.137 e. The number of rotatable bonds is 4. The number of aromatic nitrogens is 3. The quantitative estimate of drug-likeness (QED) is 0.939. The van der Waals surface area contributed by atoms with Gasteiger partial charge in [0.05, 0.1) is 5.69 Å². The number of piperidine rings is 1. The van der Waals surface area contributed by atoms with Crippen LogP contribution in [0.2, 0.25) is 0 Å². The van der Waals surface area contributed by atoms with Crippen molar-refractivity contribution in [2.45, 2.75) is 32.4 Å². The standard InChI is InChI=1S/C17H24N4O/c1-13-5-3-7-18-15(13)12-21-9-4-6-14(11-21)16(22)17-19-8-10-20(17)2/h3,5,7-8,10,14,16,22H,4,6,9,11-12H2,1-2H3. The molecule has 3 rings (SSSR count). The van der Waals surface area contributed by atoms with E-state index in [0.29, 0.717) is 0 Å². The van der Waals surface area contributed by atoms with Gasteiger partial charge >= 0.3 is 0 Å². The van der Waals surface area contributed by atoms with Gasteiger partial charge in [0, 0.05) is 44.6 Å². The SMILES string of the molecule is Cc1cccnc1CN1CCCC(C(O)c2nccn2C)C1.